The van der Waals surface area contributed by atoms with Crippen molar-refractivity contribution in [2.24, 2.45) is 0 Å². The first-order chi connectivity index (χ1) is 7.27. The number of aromatic nitrogens is 1. The lowest BCUT2D eigenvalue weighted by Crippen LogP contribution is -2.13. The average molecular weight is 205 g/mol. The Labute approximate surface area is 89.6 Å². The van der Waals surface area contributed by atoms with Crippen molar-refractivity contribution in [1.29, 1.82) is 5.26 Å². The fourth-order valence-corrected chi connectivity index (χ4v) is 1.20. The molecule has 2 N–H and O–H groups in total. The van der Waals surface area contributed by atoms with Gasteiger partial charge in [-0.25, -0.2) is 4.98 Å². The summed E-state index contributed by atoms with van der Waals surface area (Å²) in [7, 11) is 0. The Hall–Kier alpha value is -1.60. The number of pyridine rings is 1. The van der Waals surface area contributed by atoms with Crippen LogP contribution in [-0.4, -0.2) is 22.7 Å². The minimum atomic E-state index is -0.285. The number of aliphatic hydroxyl groups excluding tert-OH is 1. The third-order valence-electron chi connectivity index (χ3n) is 2.17. The zero-order valence-corrected chi connectivity index (χ0v) is 8.77. The number of nitriles is 1. The van der Waals surface area contributed by atoms with Crippen LogP contribution in [0.5, 0.6) is 0 Å². The highest BCUT2D eigenvalue weighted by Gasteiger charge is 2.03. The molecule has 1 rings (SSSR count). The van der Waals surface area contributed by atoms with Gasteiger partial charge < -0.3 is 10.4 Å². The highest BCUT2D eigenvalue weighted by Crippen LogP contribution is 2.09. The second-order valence-electron chi connectivity index (χ2n) is 3.29. The predicted octanol–water partition coefficient (Wildman–Crippen LogP) is 1.53. The Morgan fingerprint density at radius 1 is 1.67 bits per heavy atom. The van der Waals surface area contributed by atoms with Crippen LogP contribution in [0, 0.1) is 11.3 Å². The maximum atomic E-state index is 9.34. The van der Waals surface area contributed by atoms with E-state index in [-0.39, 0.29) is 6.10 Å². The van der Waals surface area contributed by atoms with Gasteiger partial charge >= 0.3 is 0 Å². The van der Waals surface area contributed by atoms with E-state index < -0.39 is 0 Å². The first kappa shape index (κ1) is 11.5. The molecule has 0 fully saturated rings. The van der Waals surface area contributed by atoms with Crippen molar-refractivity contribution in [3.63, 3.8) is 0 Å². The lowest BCUT2D eigenvalue weighted by Gasteiger charge is -2.09. The number of hydrogen-bond acceptors (Lipinski definition) is 4. The molecule has 1 aromatic rings. The molecule has 15 heavy (non-hydrogen) atoms. The van der Waals surface area contributed by atoms with Crippen LogP contribution in [0.4, 0.5) is 5.82 Å². The Balaban J connectivity index is 2.47. The van der Waals surface area contributed by atoms with Gasteiger partial charge in [0.25, 0.3) is 0 Å². The number of nitrogens with zero attached hydrogens (tertiary/aromatic N) is 2. The van der Waals surface area contributed by atoms with E-state index in [0.717, 1.165) is 6.42 Å². The van der Waals surface area contributed by atoms with Crippen molar-refractivity contribution >= 4 is 5.82 Å². The van der Waals surface area contributed by atoms with Gasteiger partial charge in [-0.05, 0) is 25.0 Å². The molecule has 0 radical (unpaired) electrons. The van der Waals surface area contributed by atoms with Crippen LogP contribution in [0.3, 0.4) is 0 Å². The molecule has 1 atom stereocenters. The molecule has 0 aliphatic rings. The summed E-state index contributed by atoms with van der Waals surface area (Å²) in [4.78, 5) is 4.06. The quantitative estimate of drug-likeness (QED) is 0.764. The minimum absolute atomic E-state index is 0.285. The molecule has 80 valence electrons. The second kappa shape index (κ2) is 5.99. The van der Waals surface area contributed by atoms with E-state index in [1.165, 1.54) is 0 Å². The zero-order chi connectivity index (χ0) is 11.1. The van der Waals surface area contributed by atoms with Crippen LogP contribution in [0.2, 0.25) is 0 Å². The maximum Gasteiger partial charge on any atom is 0.143 e. The summed E-state index contributed by atoms with van der Waals surface area (Å²) in [5.74, 6) is 0.586. The van der Waals surface area contributed by atoms with Crippen LogP contribution >= 0.6 is 0 Å². The van der Waals surface area contributed by atoms with Gasteiger partial charge in [-0.15, -0.1) is 0 Å². The van der Waals surface area contributed by atoms with E-state index >= 15 is 0 Å². The molecule has 0 aliphatic heterocycles. The highest BCUT2D eigenvalue weighted by molar-refractivity contribution is 5.50. The van der Waals surface area contributed by atoms with Gasteiger partial charge in [0.15, 0.2) is 0 Å². The monoisotopic (exact) mass is 205 g/mol. The molecule has 0 aromatic carbocycles. The molecule has 0 aliphatic carbocycles. The Bertz CT molecular complexity index is 346. The van der Waals surface area contributed by atoms with Crippen molar-refractivity contribution in [2.45, 2.75) is 25.9 Å². The maximum absolute atomic E-state index is 9.34. The van der Waals surface area contributed by atoms with Gasteiger partial charge in [0.2, 0.25) is 0 Å². The van der Waals surface area contributed by atoms with E-state index in [1.807, 2.05) is 6.92 Å². The van der Waals surface area contributed by atoms with E-state index in [2.05, 4.69) is 16.4 Å². The van der Waals surface area contributed by atoms with E-state index in [0.29, 0.717) is 24.3 Å². The molecule has 4 heteroatoms. The van der Waals surface area contributed by atoms with Crippen LogP contribution in [0.1, 0.15) is 25.3 Å². The number of nitrogens with one attached hydrogen (secondary N) is 1. The van der Waals surface area contributed by atoms with Gasteiger partial charge in [0.1, 0.15) is 11.9 Å². The first-order valence-corrected chi connectivity index (χ1v) is 5.05. The lowest BCUT2D eigenvalue weighted by atomic mass is 10.2. The van der Waals surface area contributed by atoms with Crippen molar-refractivity contribution < 1.29 is 5.11 Å². The number of aliphatic hydroxyl groups is 1. The lowest BCUT2D eigenvalue weighted by molar-refractivity contribution is 0.164. The molecule has 0 amide bonds. The topological polar surface area (TPSA) is 68.9 Å². The van der Waals surface area contributed by atoms with Gasteiger partial charge in [0.05, 0.1) is 11.7 Å². The molecule has 4 nitrogen and oxygen atoms in total. The molecular weight excluding hydrogens is 190 g/mol. The van der Waals surface area contributed by atoms with E-state index in [1.54, 1.807) is 18.3 Å². The summed E-state index contributed by atoms with van der Waals surface area (Å²) < 4.78 is 0. The molecule has 0 bridgehead atoms. The van der Waals surface area contributed by atoms with Gasteiger partial charge in [0, 0.05) is 12.7 Å². The summed E-state index contributed by atoms with van der Waals surface area (Å²) in [5, 5.41) is 21.2. The number of anilines is 1. The number of rotatable bonds is 5. The fourth-order valence-electron chi connectivity index (χ4n) is 1.20. The smallest absolute Gasteiger partial charge is 0.143 e. The third-order valence-corrected chi connectivity index (χ3v) is 2.17. The van der Waals surface area contributed by atoms with Crippen LogP contribution in [-0.2, 0) is 0 Å². The molecule has 1 heterocycles. The van der Waals surface area contributed by atoms with Gasteiger partial charge in [-0.1, -0.05) is 6.92 Å². The Kier molecular flexibility index (Phi) is 4.58. The third kappa shape index (κ3) is 3.56. The van der Waals surface area contributed by atoms with Crippen LogP contribution in [0.25, 0.3) is 0 Å². The molecular formula is C11H15N3O. The molecule has 0 saturated heterocycles. The van der Waals surface area contributed by atoms with Crippen LogP contribution < -0.4 is 5.32 Å². The Morgan fingerprint density at radius 3 is 3.13 bits per heavy atom. The standard InChI is InChI=1S/C11H15N3O/c1-2-10(15)5-7-14-11-9(8-12)4-3-6-13-11/h3-4,6,10,15H,2,5,7H2,1H3,(H,13,14). The zero-order valence-electron chi connectivity index (χ0n) is 8.77. The molecule has 0 spiro atoms. The first-order valence-electron chi connectivity index (χ1n) is 5.05. The van der Waals surface area contributed by atoms with Crippen molar-refractivity contribution in [2.75, 3.05) is 11.9 Å². The number of hydrogen-bond donors (Lipinski definition) is 2. The average Bonchev–Trinajstić information content (AvgIpc) is 2.29. The Morgan fingerprint density at radius 2 is 2.47 bits per heavy atom. The highest BCUT2D eigenvalue weighted by atomic mass is 16.3. The van der Waals surface area contributed by atoms with Crippen LogP contribution in [0.15, 0.2) is 18.3 Å². The van der Waals surface area contributed by atoms with Gasteiger partial charge in [-0.2, -0.15) is 5.26 Å². The van der Waals surface area contributed by atoms with E-state index in [9.17, 15) is 5.11 Å². The molecule has 1 aromatic heterocycles. The summed E-state index contributed by atoms with van der Waals surface area (Å²) in [5.41, 5.74) is 0.531. The minimum Gasteiger partial charge on any atom is -0.393 e. The molecule has 0 saturated carbocycles. The SMILES string of the molecule is CCC(O)CCNc1ncccc1C#N. The van der Waals surface area contributed by atoms with Crippen molar-refractivity contribution in [3.05, 3.63) is 23.9 Å². The molecule has 1 unspecified atom stereocenters. The van der Waals surface area contributed by atoms with E-state index in [4.69, 9.17) is 5.26 Å². The second-order valence-corrected chi connectivity index (χ2v) is 3.29. The largest absolute Gasteiger partial charge is 0.393 e. The summed E-state index contributed by atoms with van der Waals surface area (Å²) >= 11 is 0. The predicted molar refractivity (Wildman–Crippen MR) is 58.4 cm³/mol. The van der Waals surface area contributed by atoms with Gasteiger partial charge in [-0.3, -0.25) is 0 Å². The summed E-state index contributed by atoms with van der Waals surface area (Å²) in [6, 6.07) is 5.50. The van der Waals surface area contributed by atoms with Crippen molar-refractivity contribution in [3.8, 4) is 6.07 Å². The fraction of sp³-hybridized carbons (Fsp3) is 0.455. The summed E-state index contributed by atoms with van der Waals surface area (Å²) in [6.07, 6.45) is 2.76. The summed E-state index contributed by atoms with van der Waals surface area (Å²) in [6.45, 7) is 2.56. The normalized spacial score (nSPS) is 11.8. The van der Waals surface area contributed by atoms with Crippen molar-refractivity contribution in [1.82, 2.24) is 4.98 Å².